The standard InChI is InChI=1S/C21H30N4O2/c1-16(2)21-23-22-19(27-21)15-24-11-4-12-25(14-13-24)20(26)10-9-18-7-5-17(3)6-8-18/h5-8,16H,4,9-15H2,1-3H3. The van der Waals surface area contributed by atoms with Gasteiger partial charge in [0.2, 0.25) is 17.7 Å². The van der Waals surface area contributed by atoms with Crippen LogP contribution in [0.1, 0.15) is 55.5 Å². The monoisotopic (exact) mass is 370 g/mol. The SMILES string of the molecule is Cc1ccc(CCC(=O)N2CCCN(Cc3nnc(C(C)C)o3)CC2)cc1. The van der Waals surface area contributed by atoms with Crippen LogP contribution in [0.2, 0.25) is 0 Å². The van der Waals surface area contributed by atoms with Crippen molar-refractivity contribution in [2.45, 2.75) is 52.5 Å². The molecular weight excluding hydrogens is 340 g/mol. The summed E-state index contributed by atoms with van der Waals surface area (Å²) in [5.74, 6) is 1.85. The van der Waals surface area contributed by atoms with E-state index in [2.05, 4.69) is 46.3 Å². The van der Waals surface area contributed by atoms with Crippen LogP contribution in [-0.2, 0) is 17.8 Å². The molecule has 0 atom stereocenters. The maximum absolute atomic E-state index is 12.6. The first-order valence-corrected chi connectivity index (χ1v) is 9.89. The molecule has 0 spiro atoms. The number of benzene rings is 1. The van der Waals surface area contributed by atoms with Gasteiger partial charge in [-0.3, -0.25) is 9.69 Å². The molecule has 0 radical (unpaired) electrons. The molecule has 0 bridgehead atoms. The lowest BCUT2D eigenvalue weighted by Crippen LogP contribution is -2.35. The fraction of sp³-hybridized carbons (Fsp3) is 0.571. The van der Waals surface area contributed by atoms with Crippen molar-refractivity contribution in [3.63, 3.8) is 0 Å². The van der Waals surface area contributed by atoms with E-state index in [1.165, 1.54) is 11.1 Å². The van der Waals surface area contributed by atoms with Crippen LogP contribution >= 0.6 is 0 Å². The first kappa shape index (κ1) is 19.5. The molecule has 1 amide bonds. The van der Waals surface area contributed by atoms with Crippen LogP contribution in [0.15, 0.2) is 28.7 Å². The van der Waals surface area contributed by atoms with Gasteiger partial charge in [0.05, 0.1) is 6.54 Å². The summed E-state index contributed by atoms with van der Waals surface area (Å²) in [5.41, 5.74) is 2.47. The molecule has 3 rings (SSSR count). The van der Waals surface area contributed by atoms with E-state index >= 15 is 0 Å². The zero-order valence-corrected chi connectivity index (χ0v) is 16.6. The van der Waals surface area contributed by atoms with E-state index in [4.69, 9.17) is 4.42 Å². The van der Waals surface area contributed by atoms with Crippen molar-refractivity contribution in [1.82, 2.24) is 20.0 Å². The number of aromatic nitrogens is 2. The predicted octanol–water partition coefficient (Wildman–Crippen LogP) is 3.17. The topological polar surface area (TPSA) is 62.5 Å². The molecule has 1 aliphatic rings. The van der Waals surface area contributed by atoms with E-state index < -0.39 is 0 Å². The Kier molecular flexibility index (Phi) is 6.61. The molecule has 1 saturated heterocycles. The van der Waals surface area contributed by atoms with E-state index in [0.717, 1.165) is 39.0 Å². The Morgan fingerprint density at radius 1 is 1.11 bits per heavy atom. The van der Waals surface area contributed by atoms with Crippen molar-refractivity contribution in [1.29, 1.82) is 0 Å². The molecule has 2 heterocycles. The summed E-state index contributed by atoms with van der Waals surface area (Å²) in [4.78, 5) is 16.9. The predicted molar refractivity (Wildman–Crippen MR) is 104 cm³/mol. The fourth-order valence-electron chi connectivity index (χ4n) is 3.30. The molecule has 6 heteroatoms. The van der Waals surface area contributed by atoms with Crippen molar-refractivity contribution in [3.8, 4) is 0 Å². The van der Waals surface area contributed by atoms with Crippen LogP contribution in [0.4, 0.5) is 0 Å². The Morgan fingerprint density at radius 3 is 2.59 bits per heavy atom. The van der Waals surface area contributed by atoms with Gasteiger partial charge in [-0.25, -0.2) is 0 Å². The Hall–Kier alpha value is -2.21. The minimum Gasteiger partial charge on any atom is -0.424 e. The molecule has 1 aromatic carbocycles. The Bertz CT molecular complexity index is 739. The van der Waals surface area contributed by atoms with Crippen LogP contribution in [0.3, 0.4) is 0 Å². The van der Waals surface area contributed by atoms with Gasteiger partial charge in [0, 0.05) is 38.5 Å². The van der Waals surface area contributed by atoms with Crippen LogP contribution < -0.4 is 0 Å². The molecule has 0 N–H and O–H groups in total. The van der Waals surface area contributed by atoms with E-state index in [0.29, 0.717) is 24.7 Å². The highest BCUT2D eigenvalue weighted by Gasteiger charge is 2.20. The Morgan fingerprint density at radius 2 is 1.89 bits per heavy atom. The maximum Gasteiger partial charge on any atom is 0.230 e. The van der Waals surface area contributed by atoms with Crippen LogP contribution in [-0.4, -0.2) is 52.1 Å². The molecule has 27 heavy (non-hydrogen) atoms. The number of hydrogen-bond donors (Lipinski definition) is 0. The van der Waals surface area contributed by atoms with E-state index in [-0.39, 0.29) is 11.8 Å². The summed E-state index contributed by atoms with van der Waals surface area (Å²) >= 11 is 0. The van der Waals surface area contributed by atoms with Crippen molar-refractivity contribution >= 4 is 5.91 Å². The molecule has 1 fully saturated rings. The van der Waals surface area contributed by atoms with E-state index in [9.17, 15) is 4.79 Å². The lowest BCUT2D eigenvalue weighted by molar-refractivity contribution is -0.131. The van der Waals surface area contributed by atoms with Gasteiger partial charge < -0.3 is 9.32 Å². The van der Waals surface area contributed by atoms with Crippen molar-refractivity contribution in [3.05, 3.63) is 47.2 Å². The third-order valence-corrected chi connectivity index (χ3v) is 5.02. The molecule has 1 aromatic heterocycles. The van der Waals surface area contributed by atoms with Crippen molar-refractivity contribution < 1.29 is 9.21 Å². The highest BCUT2D eigenvalue weighted by molar-refractivity contribution is 5.76. The summed E-state index contributed by atoms with van der Waals surface area (Å²) in [6.45, 7) is 10.2. The number of carbonyl (C=O) groups excluding carboxylic acids is 1. The average Bonchev–Trinajstić information content (AvgIpc) is 3.00. The number of nitrogens with zero attached hydrogens (tertiary/aromatic N) is 4. The quantitative estimate of drug-likeness (QED) is 0.781. The van der Waals surface area contributed by atoms with Gasteiger partial charge in [-0.2, -0.15) is 0 Å². The van der Waals surface area contributed by atoms with Gasteiger partial charge in [-0.1, -0.05) is 43.7 Å². The van der Waals surface area contributed by atoms with Crippen LogP contribution in [0.5, 0.6) is 0 Å². The zero-order valence-electron chi connectivity index (χ0n) is 16.6. The largest absolute Gasteiger partial charge is 0.424 e. The third-order valence-electron chi connectivity index (χ3n) is 5.02. The third kappa shape index (κ3) is 5.63. The highest BCUT2D eigenvalue weighted by atomic mass is 16.4. The van der Waals surface area contributed by atoms with Gasteiger partial charge >= 0.3 is 0 Å². The molecule has 0 unspecified atom stereocenters. The molecule has 0 aliphatic carbocycles. The number of amides is 1. The maximum atomic E-state index is 12.6. The van der Waals surface area contributed by atoms with Crippen molar-refractivity contribution in [2.24, 2.45) is 0 Å². The van der Waals surface area contributed by atoms with E-state index in [1.807, 2.05) is 18.7 Å². The van der Waals surface area contributed by atoms with Gasteiger partial charge in [0.25, 0.3) is 0 Å². The van der Waals surface area contributed by atoms with Gasteiger partial charge in [-0.15, -0.1) is 10.2 Å². The summed E-state index contributed by atoms with van der Waals surface area (Å²) in [5, 5.41) is 8.25. The minimum atomic E-state index is 0.247. The summed E-state index contributed by atoms with van der Waals surface area (Å²) < 4.78 is 5.71. The van der Waals surface area contributed by atoms with Crippen molar-refractivity contribution in [2.75, 3.05) is 26.2 Å². The average molecular weight is 370 g/mol. The molecule has 2 aromatic rings. The Balaban J connectivity index is 1.46. The summed E-state index contributed by atoms with van der Waals surface area (Å²) in [6, 6.07) is 8.43. The van der Waals surface area contributed by atoms with Crippen LogP contribution in [0.25, 0.3) is 0 Å². The lowest BCUT2D eigenvalue weighted by Gasteiger charge is -2.21. The lowest BCUT2D eigenvalue weighted by atomic mass is 10.1. The first-order valence-electron chi connectivity index (χ1n) is 9.89. The molecule has 146 valence electrons. The zero-order chi connectivity index (χ0) is 19.2. The van der Waals surface area contributed by atoms with E-state index in [1.54, 1.807) is 0 Å². The van der Waals surface area contributed by atoms with Crippen LogP contribution in [0, 0.1) is 6.92 Å². The summed E-state index contributed by atoms with van der Waals surface area (Å²) in [6.07, 6.45) is 2.35. The smallest absolute Gasteiger partial charge is 0.230 e. The fourth-order valence-corrected chi connectivity index (χ4v) is 3.30. The second-order valence-electron chi connectivity index (χ2n) is 7.68. The molecule has 6 nitrogen and oxygen atoms in total. The minimum absolute atomic E-state index is 0.247. The number of hydrogen-bond acceptors (Lipinski definition) is 5. The second-order valence-corrected chi connectivity index (χ2v) is 7.68. The first-order chi connectivity index (χ1) is 13.0. The molecular formula is C21H30N4O2. The van der Waals surface area contributed by atoms with Gasteiger partial charge in [0.1, 0.15) is 0 Å². The molecule has 1 aliphatic heterocycles. The highest BCUT2D eigenvalue weighted by Crippen LogP contribution is 2.15. The van der Waals surface area contributed by atoms with Gasteiger partial charge in [0.15, 0.2) is 0 Å². The Labute approximate surface area is 161 Å². The number of carbonyl (C=O) groups is 1. The normalized spacial score (nSPS) is 15.9. The number of rotatable bonds is 6. The second kappa shape index (κ2) is 9.13. The number of aryl methyl sites for hydroxylation is 2. The summed E-state index contributed by atoms with van der Waals surface area (Å²) in [7, 11) is 0. The van der Waals surface area contributed by atoms with Gasteiger partial charge in [-0.05, 0) is 25.3 Å². The molecule has 0 saturated carbocycles.